The van der Waals surface area contributed by atoms with Crippen LogP contribution in [0.25, 0.3) is 0 Å². The monoisotopic (exact) mass is 155 g/mol. The van der Waals surface area contributed by atoms with Crippen LogP contribution in [0.15, 0.2) is 12.7 Å². The normalized spacial score (nSPS) is 13.5. The summed E-state index contributed by atoms with van der Waals surface area (Å²) in [6, 6.07) is 0.635. The third kappa shape index (κ3) is 7.60. The lowest BCUT2D eigenvalue weighted by Crippen LogP contribution is -2.29. The Morgan fingerprint density at radius 1 is 1.36 bits per heavy atom. The number of allylic oxidation sites excluding steroid dienone is 1. The highest BCUT2D eigenvalue weighted by molar-refractivity contribution is 4.71. The van der Waals surface area contributed by atoms with Crippen molar-refractivity contribution in [2.24, 2.45) is 5.92 Å². The van der Waals surface area contributed by atoms with E-state index in [1.54, 1.807) is 0 Å². The van der Waals surface area contributed by atoms with Gasteiger partial charge in [-0.2, -0.15) is 0 Å². The van der Waals surface area contributed by atoms with Crippen LogP contribution < -0.4 is 5.32 Å². The Kier molecular flexibility index (Phi) is 6.24. The molecule has 1 heteroatoms. The van der Waals surface area contributed by atoms with E-state index < -0.39 is 0 Å². The molecule has 0 aliphatic rings. The fourth-order valence-electron chi connectivity index (χ4n) is 0.907. The lowest BCUT2D eigenvalue weighted by molar-refractivity contribution is 0.466. The van der Waals surface area contributed by atoms with Gasteiger partial charge >= 0.3 is 0 Å². The quantitative estimate of drug-likeness (QED) is 0.581. The van der Waals surface area contributed by atoms with Gasteiger partial charge in [-0.1, -0.05) is 19.9 Å². The molecule has 0 aliphatic carbocycles. The van der Waals surface area contributed by atoms with Crippen molar-refractivity contribution >= 4 is 0 Å². The van der Waals surface area contributed by atoms with Crippen LogP contribution in [0, 0.1) is 5.92 Å². The molecule has 11 heavy (non-hydrogen) atoms. The molecule has 1 atom stereocenters. The first kappa shape index (κ1) is 10.7. The van der Waals surface area contributed by atoms with E-state index in [0.717, 1.165) is 18.9 Å². The van der Waals surface area contributed by atoms with Crippen LogP contribution in [-0.2, 0) is 0 Å². The van der Waals surface area contributed by atoms with Crippen molar-refractivity contribution in [2.75, 3.05) is 6.54 Å². The molecule has 0 aromatic rings. The molecule has 0 heterocycles. The number of hydrogen-bond acceptors (Lipinski definition) is 1. The lowest BCUT2D eigenvalue weighted by atomic mass is 10.1. The Bertz CT molecular complexity index is 97.0. The maximum Gasteiger partial charge on any atom is 0.00417 e. The molecule has 0 rings (SSSR count). The van der Waals surface area contributed by atoms with E-state index in [0.29, 0.717) is 6.04 Å². The molecule has 0 radical (unpaired) electrons. The second kappa shape index (κ2) is 6.41. The van der Waals surface area contributed by atoms with Crippen molar-refractivity contribution in [2.45, 2.75) is 39.7 Å². The fourth-order valence-corrected chi connectivity index (χ4v) is 0.907. The molecule has 0 bridgehead atoms. The summed E-state index contributed by atoms with van der Waals surface area (Å²) in [6.45, 7) is 11.5. The Morgan fingerprint density at radius 2 is 2.00 bits per heavy atom. The van der Waals surface area contributed by atoms with Crippen molar-refractivity contribution in [1.29, 1.82) is 0 Å². The fraction of sp³-hybridized carbons (Fsp3) is 0.800. The molecule has 1 N–H and O–H groups in total. The first-order valence-corrected chi connectivity index (χ1v) is 4.51. The zero-order chi connectivity index (χ0) is 8.69. The second-order valence-corrected chi connectivity index (χ2v) is 3.57. The van der Waals surface area contributed by atoms with Gasteiger partial charge in [0.05, 0.1) is 0 Å². The van der Waals surface area contributed by atoms with Gasteiger partial charge in [-0.3, -0.25) is 0 Å². The molecular formula is C10H21N. The molecule has 0 saturated heterocycles. The molecule has 1 nitrogen and oxygen atoms in total. The van der Waals surface area contributed by atoms with Crippen molar-refractivity contribution in [1.82, 2.24) is 5.32 Å². The van der Waals surface area contributed by atoms with Crippen molar-refractivity contribution in [3.05, 3.63) is 12.7 Å². The third-order valence-electron chi connectivity index (χ3n) is 1.68. The molecule has 1 unspecified atom stereocenters. The summed E-state index contributed by atoms with van der Waals surface area (Å²) < 4.78 is 0. The average Bonchev–Trinajstić information content (AvgIpc) is 1.97. The van der Waals surface area contributed by atoms with Gasteiger partial charge in [0.1, 0.15) is 0 Å². The van der Waals surface area contributed by atoms with Gasteiger partial charge in [-0.15, -0.1) is 6.58 Å². The maximum atomic E-state index is 3.70. The summed E-state index contributed by atoms with van der Waals surface area (Å²) in [5.74, 6) is 0.751. The molecule has 66 valence electrons. The summed E-state index contributed by atoms with van der Waals surface area (Å²) >= 11 is 0. The lowest BCUT2D eigenvalue weighted by Gasteiger charge is -2.14. The van der Waals surface area contributed by atoms with Gasteiger partial charge in [0.25, 0.3) is 0 Å². The molecule has 0 fully saturated rings. The van der Waals surface area contributed by atoms with E-state index in [1.807, 2.05) is 6.08 Å². The molecule has 0 saturated carbocycles. The van der Waals surface area contributed by atoms with Gasteiger partial charge in [0.2, 0.25) is 0 Å². The maximum absolute atomic E-state index is 3.70. The topological polar surface area (TPSA) is 12.0 Å². The summed E-state index contributed by atoms with van der Waals surface area (Å²) in [7, 11) is 0. The SMILES string of the molecule is C=CCCC(C)NCC(C)C. The minimum Gasteiger partial charge on any atom is -0.314 e. The number of nitrogens with one attached hydrogen (secondary N) is 1. The zero-order valence-electron chi connectivity index (χ0n) is 8.06. The summed E-state index contributed by atoms with van der Waals surface area (Å²) in [4.78, 5) is 0. The largest absolute Gasteiger partial charge is 0.314 e. The predicted octanol–water partition coefficient (Wildman–Crippen LogP) is 2.59. The van der Waals surface area contributed by atoms with E-state index in [-0.39, 0.29) is 0 Å². The van der Waals surface area contributed by atoms with Crippen LogP contribution >= 0.6 is 0 Å². The van der Waals surface area contributed by atoms with Gasteiger partial charge < -0.3 is 5.32 Å². The molecular weight excluding hydrogens is 134 g/mol. The van der Waals surface area contributed by atoms with E-state index >= 15 is 0 Å². The van der Waals surface area contributed by atoms with Gasteiger partial charge in [0, 0.05) is 6.04 Å². The van der Waals surface area contributed by atoms with Gasteiger partial charge in [-0.05, 0) is 32.2 Å². The highest BCUT2D eigenvalue weighted by Gasteiger charge is 1.99. The molecule has 0 amide bonds. The van der Waals surface area contributed by atoms with Crippen LogP contribution in [-0.4, -0.2) is 12.6 Å². The Labute approximate surface area is 70.9 Å². The van der Waals surface area contributed by atoms with Gasteiger partial charge in [0.15, 0.2) is 0 Å². The molecule has 0 aromatic heterocycles. The summed E-state index contributed by atoms with van der Waals surface area (Å²) in [5, 5.41) is 3.47. The number of hydrogen-bond donors (Lipinski definition) is 1. The first-order valence-electron chi connectivity index (χ1n) is 4.51. The Balaban J connectivity index is 3.21. The Morgan fingerprint density at radius 3 is 2.45 bits per heavy atom. The predicted molar refractivity (Wildman–Crippen MR) is 51.7 cm³/mol. The van der Waals surface area contributed by atoms with Crippen molar-refractivity contribution in [3.63, 3.8) is 0 Å². The van der Waals surface area contributed by atoms with E-state index in [1.165, 1.54) is 6.42 Å². The Hall–Kier alpha value is -0.300. The third-order valence-corrected chi connectivity index (χ3v) is 1.68. The molecule has 0 spiro atoms. The zero-order valence-corrected chi connectivity index (χ0v) is 8.06. The van der Waals surface area contributed by atoms with Crippen LogP contribution in [0.5, 0.6) is 0 Å². The van der Waals surface area contributed by atoms with Crippen LogP contribution in [0.2, 0.25) is 0 Å². The minimum atomic E-state index is 0.635. The highest BCUT2D eigenvalue weighted by atomic mass is 14.9. The van der Waals surface area contributed by atoms with E-state index in [2.05, 4.69) is 32.7 Å². The van der Waals surface area contributed by atoms with E-state index in [9.17, 15) is 0 Å². The van der Waals surface area contributed by atoms with Gasteiger partial charge in [-0.25, -0.2) is 0 Å². The second-order valence-electron chi connectivity index (χ2n) is 3.57. The molecule has 0 aromatic carbocycles. The first-order chi connectivity index (χ1) is 5.16. The highest BCUT2D eigenvalue weighted by Crippen LogP contribution is 1.97. The average molecular weight is 155 g/mol. The van der Waals surface area contributed by atoms with Crippen LogP contribution in [0.4, 0.5) is 0 Å². The summed E-state index contributed by atoms with van der Waals surface area (Å²) in [6.07, 6.45) is 4.30. The van der Waals surface area contributed by atoms with Crippen molar-refractivity contribution in [3.8, 4) is 0 Å². The van der Waals surface area contributed by atoms with E-state index in [4.69, 9.17) is 0 Å². The van der Waals surface area contributed by atoms with Crippen LogP contribution in [0.3, 0.4) is 0 Å². The van der Waals surface area contributed by atoms with Crippen LogP contribution in [0.1, 0.15) is 33.6 Å². The summed E-state index contributed by atoms with van der Waals surface area (Å²) in [5.41, 5.74) is 0. The standard InChI is InChI=1S/C10H21N/c1-5-6-7-10(4)11-8-9(2)3/h5,9-11H,1,6-8H2,2-4H3. The smallest absolute Gasteiger partial charge is 0.00417 e. The minimum absolute atomic E-state index is 0.635. The molecule has 0 aliphatic heterocycles. The van der Waals surface area contributed by atoms with Crippen molar-refractivity contribution < 1.29 is 0 Å². The number of rotatable bonds is 6.